The van der Waals surface area contributed by atoms with Crippen LogP contribution in [0.25, 0.3) is 0 Å². The van der Waals surface area contributed by atoms with E-state index in [4.69, 9.17) is 5.11 Å². The van der Waals surface area contributed by atoms with Crippen molar-refractivity contribution in [3.8, 4) is 0 Å². The summed E-state index contributed by atoms with van der Waals surface area (Å²) >= 11 is 0. The molecule has 0 heterocycles. The number of allylic oxidation sites excluding steroid dienone is 1. The molecule has 0 aliphatic carbocycles. The van der Waals surface area contributed by atoms with Gasteiger partial charge in [-0.25, -0.2) is 0 Å². The molecule has 0 aromatic rings. The molecule has 0 saturated carbocycles. The van der Waals surface area contributed by atoms with Crippen molar-refractivity contribution >= 4 is 5.97 Å². The molecule has 0 amide bonds. The molecule has 0 unspecified atom stereocenters. The molecule has 0 aromatic carbocycles. The van der Waals surface area contributed by atoms with Crippen molar-refractivity contribution in [2.75, 3.05) is 0 Å². The number of aliphatic hydroxyl groups excluding tert-OH is 1. The smallest absolute Gasteiger partial charge is 0.303 e. The van der Waals surface area contributed by atoms with Gasteiger partial charge >= 0.3 is 5.97 Å². The van der Waals surface area contributed by atoms with Crippen LogP contribution in [-0.4, -0.2) is 22.3 Å². The largest absolute Gasteiger partial charge is 0.481 e. The lowest BCUT2D eigenvalue weighted by Crippen LogP contribution is -2.07. The number of carbonyl (C=O) groups is 1. The lowest BCUT2D eigenvalue weighted by Gasteiger charge is -2.04. The maximum atomic E-state index is 10.2. The molecule has 0 fully saturated rings. The van der Waals surface area contributed by atoms with Gasteiger partial charge in [-0.3, -0.25) is 4.79 Å². The Bertz CT molecular complexity index is 187. The zero-order valence-electron chi connectivity index (χ0n) is 9.48. The Hall–Kier alpha value is -0.830. The highest BCUT2D eigenvalue weighted by Crippen LogP contribution is 2.05. The van der Waals surface area contributed by atoms with Crippen LogP contribution in [-0.2, 0) is 4.79 Å². The molecule has 2 N–H and O–H groups in total. The molecule has 3 nitrogen and oxygen atoms in total. The molecule has 0 aliphatic rings. The van der Waals surface area contributed by atoms with Crippen LogP contribution in [0, 0.1) is 0 Å². The van der Waals surface area contributed by atoms with E-state index >= 15 is 0 Å². The fourth-order valence-electron chi connectivity index (χ4n) is 1.29. The highest BCUT2D eigenvalue weighted by molar-refractivity contribution is 5.66. The van der Waals surface area contributed by atoms with Gasteiger partial charge in [0, 0.05) is 6.42 Å². The third-order valence-electron chi connectivity index (χ3n) is 2.24. The number of carboxylic acids is 1. The van der Waals surface area contributed by atoms with Crippen LogP contribution in [0.1, 0.15) is 51.9 Å². The monoisotopic (exact) mass is 214 g/mol. The first-order valence-electron chi connectivity index (χ1n) is 5.71. The minimum absolute atomic E-state index is 0.0465. The first-order chi connectivity index (χ1) is 7.16. The van der Waals surface area contributed by atoms with Gasteiger partial charge < -0.3 is 10.2 Å². The van der Waals surface area contributed by atoms with Gasteiger partial charge in [0.15, 0.2) is 0 Å². The summed E-state index contributed by atoms with van der Waals surface area (Å²) in [4.78, 5) is 10.2. The van der Waals surface area contributed by atoms with Crippen molar-refractivity contribution in [3.63, 3.8) is 0 Å². The first kappa shape index (κ1) is 14.2. The van der Waals surface area contributed by atoms with Crippen LogP contribution < -0.4 is 0 Å². The summed E-state index contributed by atoms with van der Waals surface area (Å²) in [5.74, 6) is -0.846. The predicted octanol–water partition coefficient (Wildman–Crippen LogP) is 2.74. The molecular weight excluding hydrogens is 192 g/mol. The number of aliphatic carboxylic acids is 1. The van der Waals surface area contributed by atoms with E-state index in [1.807, 2.05) is 6.08 Å². The molecule has 1 atom stereocenters. The summed E-state index contributed by atoms with van der Waals surface area (Å²) in [6.07, 6.45) is 9.17. The summed E-state index contributed by atoms with van der Waals surface area (Å²) in [5.41, 5.74) is 0. The van der Waals surface area contributed by atoms with Gasteiger partial charge in [0.1, 0.15) is 0 Å². The minimum Gasteiger partial charge on any atom is -0.481 e. The van der Waals surface area contributed by atoms with E-state index in [-0.39, 0.29) is 6.42 Å². The van der Waals surface area contributed by atoms with Gasteiger partial charge in [0.2, 0.25) is 0 Å². The van der Waals surface area contributed by atoms with E-state index in [0.717, 1.165) is 6.42 Å². The molecule has 0 radical (unpaired) electrons. The second kappa shape index (κ2) is 9.71. The molecule has 0 saturated heterocycles. The summed E-state index contributed by atoms with van der Waals surface area (Å²) in [7, 11) is 0. The van der Waals surface area contributed by atoms with Gasteiger partial charge in [-0.05, 0) is 25.7 Å². The lowest BCUT2D eigenvalue weighted by molar-refractivity contribution is -0.137. The second-order valence-electron chi connectivity index (χ2n) is 3.79. The van der Waals surface area contributed by atoms with Crippen molar-refractivity contribution in [2.45, 2.75) is 58.0 Å². The van der Waals surface area contributed by atoms with Crippen molar-refractivity contribution < 1.29 is 15.0 Å². The zero-order valence-corrected chi connectivity index (χ0v) is 9.48. The molecule has 88 valence electrons. The fraction of sp³-hybridized carbons (Fsp3) is 0.750. The SMILES string of the molecule is CCCCC/C=C\C[C@H](O)CCC(=O)O. The fourth-order valence-corrected chi connectivity index (χ4v) is 1.29. The van der Waals surface area contributed by atoms with E-state index in [1.165, 1.54) is 19.3 Å². The van der Waals surface area contributed by atoms with Crippen molar-refractivity contribution in [2.24, 2.45) is 0 Å². The Kier molecular flexibility index (Phi) is 9.18. The molecule has 0 aliphatic heterocycles. The van der Waals surface area contributed by atoms with Gasteiger partial charge in [-0.2, -0.15) is 0 Å². The van der Waals surface area contributed by atoms with Crippen LogP contribution in [0.3, 0.4) is 0 Å². The van der Waals surface area contributed by atoms with E-state index < -0.39 is 12.1 Å². The summed E-state index contributed by atoms with van der Waals surface area (Å²) in [6.45, 7) is 2.17. The van der Waals surface area contributed by atoms with Crippen LogP contribution in [0.4, 0.5) is 0 Å². The standard InChI is InChI=1S/C12H22O3/c1-2-3-4-5-6-7-8-11(13)9-10-12(14)15/h6-7,11,13H,2-5,8-10H2,1H3,(H,14,15)/b7-6-/t11-/m0/s1. The highest BCUT2D eigenvalue weighted by Gasteiger charge is 2.04. The number of rotatable bonds is 9. The lowest BCUT2D eigenvalue weighted by atomic mass is 10.1. The average Bonchev–Trinajstić information content (AvgIpc) is 2.20. The minimum atomic E-state index is -0.846. The second-order valence-corrected chi connectivity index (χ2v) is 3.79. The Labute approximate surface area is 91.8 Å². The van der Waals surface area contributed by atoms with Gasteiger partial charge in [0.25, 0.3) is 0 Å². The molecule has 0 aromatic heterocycles. The Morgan fingerprint density at radius 1 is 1.33 bits per heavy atom. The summed E-state index contributed by atoms with van der Waals surface area (Å²) in [6, 6.07) is 0. The number of unbranched alkanes of at least 4 members (excludes halogenated alkanes) is 3. The van der Waals surface area contributed by atoms with Crippen LogP contribution in [0.15, 0.2) is 12.2 Å². The molecule has 0 rings (SSSR count). The van der Waals surface area contributed by atoms with Crippen LogP contribution in [0.5, 0.6) is 0 Å². The van der Waals surface area contributed by atoms with E-state index in [2.05, 4.69) is 13.0 Å². The Balaban J connectivity index is 3.36. The number of carboxylic acid groups (broad SMARTS) is 1. The highest BCUT2D eigenvalue weighted by atomic mass is 16.4. The van der Waals surface area contributed by atoms with E-state index in [1.54, 1.807) is 0 Å². The Morgan fingerprint density at radius 3 is 2.67 bits per heavy atom. The molecule has 15 heavy (non-hydrogen) atoms. The number of hydrogen-bond donors (Lipinski definition) is 2. The topological polar surface area (TPSA) is 57.5 Å². The number of hydrogen-bond acceptors (Lipinski definition) is 2. The predicted molar refractivity (Wildman–Crippen MR) is 60.8 cm³/mol. The Morgan fingerprint density at radius 2 is 2.07 bits per heavy atom. The van der Waals surface area contributed by atoms with E-state index in [9.17, 15) is 9.90 Å². The third kappa shape index (κ3) is 11.1. The van der Waals surface area contributed by atoms with Gasteiger partial charge in [0.05, 0.1) is 6.10 Å². The normalized spacial score (nSPS) is 13.2. The van der Waals surface area contributed by atoms with Crippen molar-refractivity contribution in [3.05, 3.63) is 12.2 Å². The van der Waals surface area contributed by atoms with Crippen molar-refractivity contribution in [1.82, 2.24) is 0 Å². The first-order valence-corrected chi connectivity index (χ1v) is 5.71. The maximum Gasteiger partial charge on any atom is 0.303 e. The number of aliphatic hydroxyl groups is 1. The van der Waals surface area contributed by atoms with E-state index in [0.29, 0.717) is 12.8 Å². The third-order valence-corrected chi connectivity index (χ3v) is 2.24. The molecule has 3 heteroatoms. The average molecular weight is 214 g/mol. The van der Waals surface area contributed by atoms with Gasteiger partial charge in [-0.1, -0.05) is 31.9 Å². The van der Waals surface area contributed by atoms with Crippen molar-refractivity contribution in [1.29, 1.82) is 0 Å². The van der Waals surface area contributed by atoms with Crippen LogP contribution in [0.2, 0.25) is 0 Å². The zero-order chi connectivity index (χ0) is 11.5. The molecular formula is C12H22O3. The summed E-state index contributed by atoms with van der Waals surface area (Å²) < 4.78 is 0. The molecule has 0 spiro atoms. The van der Waals surface area contributed by atoms with Gasteiger partial charge in [-0.15, -0.1) is 0 Å². The molecule has 0 bridgehead atoms. The quantitative estimate of drug-likeness (QED) is 0.458. The van der Waals surface area contributed by atoms with Crippen LogP contribution >= 0.6 is 0 Å². The summed E-state index contributed by atoms with van der Waals surface area (Å²) in [5, 5.41) is 17.8. The maximum absolute atomic E-state index is 10.2.